The maximum atomic E-state index is 13.4. The van der Waals surface area contributed by atoms with Crippen LogP contribution in [0.5, 0.6) is 5.75 Å². The number of likely N-dealkylation sites (tertiary alicyclic amines) is 1. The van der Waals surface area contributed by atoms with Crippen molar-refractivity contribution < 1.29 is 28.6 Å². The molecule has 2 fully saturated rings. The van der Waals surface area contributed by atoms with Crippen LogP contribution in [-0.4, -0.2) is 73.1 Å². The van der Waals surface area contributed by atoms with E-state index in [1.165, 1.54) is 36.3 Å². The Morgan fingerprint density at radius 1 is 1.12 bits per heavy atom. The largest absolute Gasteiger partial charge is 0.507 e. The van der Waals surface area contributed by atoms with Crippen molar-refractivity contribution in [3.05, 3.63) is 71.0 Å². The van der Waals surface area contributed by atoms with E-state index < -0.39 is 23.5 Å². The zero-order valence-electron chi connectivity index (χ0n) is 18.5. The quantitative estimate of drug-likeness (QED) is 0.378. The maximum absolute atomic E-state index is 13.4. The maximum Gasteiger partial charge on any atom is 0.295 e. The Kier molecular flexibility index (Phi) is 8.41. The zero-order chi connectivity index (χ0) is 23.4. The van der Waals surface area contributed by atoms with E-state index >= 15 is 0 Å². The van der Waals surface area contributed by atoms with Gasteiger partial charge in [-0.2, -0.15) is 0 Å². The smallest absolute Gasteiger partial charge is 0.295 e. The molecule has 0 saturated carbocycles. The van der Waals surface area contributed by atoms with Crippen molar-refractivity contribution in [2.45, 2.75) is 19.9 Å². The summed E-state index contributed by atoms with van der Waals surface area (Å²) in [7, 11) is 1.54. The van der Waals surface area contributed by atoms with Crippen LogP contribution in [0.15, 0.2) is 54.1 Å². The van der Waals surface area contributed by atoms with Crippen LogP contribution in [0.2, 0.25) is 0 Å². The first kappa shape index (κ1) is 25.4. The molecule has 2 aromatic rings. The normalized spacial score (nSPS) is 20.3. The van der Waals surface area contributed by atoms with Crippen molar-refractivity contribution in [3.63, 3.8) is 0 Å². The van der Waals surface area contributed by atoms with Crippen molar-refractivity contribution in [2.24, 2.45) is 0 Å². The zero-order valence-corrected chi connectivity index (χ0v) is 18.5. The molecule has 2 saturated heterocycles. The molecular formula is C26H31FN2O5. The van der Waals surface area contributed by atoms with Gasteiger partial charge in [0.1, 0.15) is 17.3 Å². The summed E-state index contributed by atoms with van der Waals surface area (Å²) in [5.74, 6) is -1.62. The summed E-state index contributed by atoms with van der Waals surface area (Å²) in [5.41, 5.74) is 0.922. The lowest BCUT2D eigenvalue weighted by atomic mass is 9.95. The number of Topliss-reactive ketones (excluding diaryl/α,β-unsaturated/α-hetero) is 1. The van der Waals surface area contributed by atoms with Crippen LogP contribution in [0.3, 0.4) is 0 Å². The summed E-state index contributed by atoms with van der Waals surface area (Å²) in [5, 5.41) is 11.0. The summed E-state index contributed by atoms with van der Waals surface area (Å²) in [4.78, 5) is 29.9. The third-order valence-corrected chi connectivity index (χ3v) is 6.04. The van der Waals surface area contributed by atoms with E-state index in [2.05, 4.69) is 4.90 Å². The molecule has 0 radical (unpaired) electrons. The summed E-state index contributed by atoms with van der Waals surface area (Å²) in [6, 6.07) is 11.5. The second-order valence-corrected chi connectivity index (χ2v) is 8.08. The van der Waals surface area contributed by atoms with E-state index in [1.807, 2.05) is 0 Å². The van der Waals surface area contributed by atoms with E-state index in [-0.39, 0.29) is 24.3 Å². The number of rotatable bonds is 7. The Bertz CT molecular complexity index is 1050. The van der Waals surface area contributed by atoms with Crippen LogP contribution in [-0.2, 0) is 14.3 Å². The molecule has 0 aromatic heterocycles. The SMILES string of the molecule is C.COc1cccc(C2C(=C(O)c3ccc(F)cc3)C(=O)C(=O)N2CCCN2CCOCC2)c1. The average molecular weight is 471 g/mol. The Morgan fingerprint density at radius 3 is 2.50 bits per heavy atom. The van der Waals surface area contributed by atoms with Gasteiger partial charge in [-0.3, -0.25) is 14.5 Å². The predicted octanol–water partition coefficient (Wildman–Crippen LogP) is 3.61. The summed E-state index contributed by atoms with van der Waals surface area (Å²) < 4.78 is 24.1. The second kappa shape index (κ2) is 11.3. The van der Waals surface area contributed by atoms with Crippen LogP contribution in [0.1, 0.15) is 31.0 Å². The van der Waals surface area contributed by atoms with E-state index in [0.29, 0.717) is 37.5 Å². The fraction of sp³-hybridized carbons (Fsp3) is 0.385. The molecule has 34 heavy (non-hydrogen) atoms. The molecule has 2 aliphatic heterocycles. The number of methoxy groups -OCH3 is 1. The molecule has 1 atom stereocenters. The first-order valence-electron chi connectivity index (χ1n) is 11.0. The fourth-order valence-corrected chi connectivity index (χ4v) is 4.32. The lowest BCUT2D eigenvalue weighted by molar-refractivity contribution is -0.140. The average Bonchev–Trinajstić information content (AvgIpc) is 3.10. The van der Waals surface area contributed by atoms with Crippen LogP contribution in [0, 0.1) is 5.82 Å². The number of morpholine rings is 1. The number of nitrogens with zero attached hydrogens (tertiary/aromatic N) is 2. The fourth-order valence-electron chi connectivity index (χ4n) is 4.32. The van der Waals surface area contributed by atoms with E-state index in [0.717, 1.165) is 19.6 Å². The first-order chi connectivity index (χ1) is 16.0. The second-order valence-electron chi connectivity index (χ2n) is 8.08. The molecule has 0 bridgehead atoms. The van der Waals surface area contributed by atoms with Gasteiger partial charge >= 0.3 is 0 Å². The number of aliphatic hydroxyl groups excluding tert-OH is 1. The molecule has 1 unspecified atom stereocenters. The van der Waals surface area contributed by atoms with E-state index in [1.54, 1.807) is 24.3 Å². The van der Waals surface area contributed by atoms with Crippen molar-refractivity contribution in [1.29, 1.82) is 0 Å². The van der Waals surface area contributed by atoms with Gasteiger partial charge in [0.05, 0.1) is 31.9 Å². The predicted molar refractivity (Wildman–Crippen MR) is 127 cm³/mol. The number of hydrogen-bond acceptors (Lipinski definition) is 6. The molecule has 8 heteroatoms. The molecule has 2 aliphatic rings. The molecule has 0 spiro atoms. The van der Waals surface area contributed by atoms with Gasteiger partial charge < -0.3 is 19.5 Å². The highest BCUT2D eigenvalue weighted by Gasteiger charge is 2.45. The Balaban J connectivity index is 0.00000324. The molecule has 0 aliphatic carbocycles. The summed E-state index contributed by atoms with van der Waals surface area (Å²) in [6.07, 6.45) is 0.671. The molecule has 7 nitrogen and oxygen atoms in total. The lowest BCUT2D eigenvalue weighted by Crippen LogP contribution is -2.38. The molecule has 4 rings (SSSR count). The number of ketones is 1. The molecule has 182 valence electrons. The van der Waals surface area contributed by atoms with Gasteiger partial charge in [0.25, 0.3) is 11.7 Å². The molecule has 1 amide bonds. The number of carbonyl (C=O) groups excluding carboxylic acids is 2. The Labute approximate surface area is 199 Å². The lowest BCUT2D eigenvalue weighted by Gasteiger charge is -2.29. The molecular weight excluding hydrogens is 439 g/mol. The highest BCUT2D eigenvalue weighted by molar-refractivity contribution is 6.46. The first-order valence-corrected chi connectivity index (χ1v) is 11.0. The van der Waals surface area contributed by atoms with Crippen molar-refractivity contribution >= 4 is 17.4 Å². The number of carbonyl (C=O) groups is 2. The van der Waals surface area contributed by atoms with Gasteiger partial charge in [0.15, 0.2) is 0 Å². The van der Waals surface area contributed by atoms with Gasteiger partial charge in [0.2, 0.25) is 0 Å². The minimum absolute atomic E-state index is 0. The van der Waals surface area contributed by atoms with Gasteiger partial charge in [-0.05, 0) is 48.4 Å². The molecule has 2 heterocycles. The van der Waals surface area contributed by atoms with Crippen LogP contribution in [0.25, 0.3) is 5.76 Å². The Hall–Kier alpha value is -3.23. The number of hydrogen-bond donors (Lipinski definition) is 1. The van der Waals surface area contributed by atoms with Gasteiger partial charge in [-0.25, -0.2) is 4.39 Å². The summed E-state index contributed by atoms with van der Waals surface area (Å²) in [6.45, 7) is 4.17. The van der Waals surface area contributed by atoms with Gasteiger partial charge in [-0.1, -0.05) is 19.6 Å². The highest BCUT2D eigenvalue weighted by Crippen LogP contribution is 2.40. The van der Waals surface area contributed by atoms with Crippen LogP contribution in [0.4, 0.5) is 4.39 Å². The van der Waals surface area contributed by atoms with Gasteiger partial charge in [-0.15, -0.1) is 0 Å². The summed E-state index contributed by atoms with van der Waals surface area (Å²) >= 11 is 0. The minimum atomic E-state index is -0.769. The molecule has 2 aromatic carbocycles. The van der Waals surface area contributed by atoms with Gasteiger partial charge in [0, 0.05) is 31.7 Å². The van der Waals surface area contributed by atoms with Crippen LogP contribution < -0.4 is 4.74 Å². The topological polar surface area (TPSA) is 79.3 Å². The number of ether oxygens (including phenoxy) is 2. The standard InChI is InChI=1S/C25H27FN2O5.CH4/c1-32-20-5-2-4-18(16-20)22-21(23(29)17-6-8-19(26)9-7-17)24(30)25(31)28(22)11-3-10-27-12-14-33-15-13-27;/h2,4-9,16,22,29H,3,10-15H2,1H3;1H4. The number of benzene rings is 2. The Morgan fingerprint density at radius 2 is 1.82 bits per heavy atom. The van der Waals surface area contributed by atoms with Crippen molar-refractivity contribution in [2.75, 3.05) is 46.5 Å². The van der Waals surface area contributed by atoms with Crippen molar-refractivity contribution in [1.82, 2.24) is 9.80 Å². The number of aliphatic hydroxyl groups is 1. The van der Waals surface area contributed by atoms with E-state index in [4.69, 9.17) is 9.47 Å². The third kappa shape index (κ3) is 5.29. The molecule has 1 N–H and O–H groups in total. The van der Waals surface area contributed by atoms with Crippen LogP contribution >= 0.6 is 0 Å². The number of halogens is 1. The number of amides is 1. The minimum Gasteiger partial charge on any atom is -0.507 e. The van der Waals surface area contributed by atoms with Crippen molar-refractivity contribution in [3.8, 4) is 5.75 Å². The third-order valence-electron chi connectivity index (χ3n) is 6.04. The highest BCUT2D eigenvalue weighted by atomic mass is 19.1. The monoisotopic (exact) mass is 470 g/mol. The van der Waals surface area contributed by atoms with E-state index in [9.17, 15) is 19.1 Å².